The van der Waals surface area contributed by atoms with Crippen molar-refractivity contribution in [1.82, 2.24) is 0 Å². The van der Waals surface area contributed by atoms with E-state index in [1.807, 2.05) is 0 Å². The summed E-state index contributed by atoms with van der Waals surface area (Å²) in [4.78, 5) is 12.2. The van der Waals surface area contributed by atoms with Crippen molar-refractivity contribution in [2.45, 2.75) is 0 Å². The highest BCUT2D eigenvalue weighted by atomic mass is 35.5. The van der Waals surface area contributed by atoms with Crippen molar-refractivity contribution in [3.8, 4) is 11.3 Å². The van der Waals surface area contributed by atoms with Gasteiger partial charge in [-0.05, 0) is 48.5 Å². The van der Waals surface area contributed by atoms with Crippen molar-refractivity contribution in [3.63, 3.8) is 0 Å². The fourth-order valence-electron chi connectivity index (χ4n) is 2.71. The summed E-state index contributed by atoms with van der Waals surface area (Å²) in [5, 5.41) is 4.46. The van der Waals surface area contributed by atoms with Crippen LogP contribution in [0.3, 0.4) is 0 Å². The van der Waals surface area contributed by atoms with E-state index in [1.54, 1.807) is 54.6 Å². The van der Waals surface area contributed by atoms with Gasteiger partial charge in [-0.3, -0.25) is 4.79 Å². The lowest BCUT2D eigenvalue weighted by Gasteiger charge is -2.01. The molecule has 0 fully saturated rings. The van der Waals surface area contributed by atoms with Crippen LogP contribution in [0.2, 0.25) is 15.1 Å². The van der Waals surface area contributed by atoms with E-state index >= 15 is 0 Å². The van der Waals surface area contributed by atoms with Crippen molar-refractivity contribution >= 4 is 58.0 Å². The summed E-state index contributed by atoms with van der Waals surface area (Å²) in [7, 11) is 0. The van der Waals surface area contributed by atoms with Crippen LogP contribution in [0.5, 0.6) is 0 Å². The van der Waals surface area contributed by atoms with Crippen LogP contribution in [0.15, 0.2) is 52.9 Å². The van der Waals surface area contributed by atoms with Gasteiger partial charge in [-0.15, -0.1) is 0 Å². The summed E-state index contributed by atoms with van der Waals surface area (Å²) in [6, 6.07) is 14.0. The molecule has 2 aromatic carbocycles. The van der Waals surface area contributed by atoms with E-state index in [0.717, 1.165) is 5.56 Å². The Hall–Kier alpha value is -2.20. The monoisotopic (exact) mass is 389 g/mol. The molecule has 1 aliphatic heterocycles. The van der Waals surface area contributed by atoms with Crippen LogP contribution >= 0.6 is 34.8 Å². The third kappa shape index (κ3) is 3.07. The Kier molecular flexibility index (Phi) is 4.08. The van der Waals surface area contributed by atoms with Crippen LogP contribution in [-0.4, -0.2) is 5.91 Å². The zero-order chi connectivity index (χ0) is 17.6. The normalized spacial score (nSPS) is 14.7. The molecule has 0 saturated carbocycles. The molecule has 0 saturated heterocycles. The number of benzene rings is 2. The van der Waals surface area contributed by atoms with Gasteiger partial charge >= 0.3 is 0 Å². The van der Waals surface area contributed by atoms with E-state index in [2.05, 4.69) is 5.32 Å². The molecule has 6 heteroatoms. The van der Waals surface area contributed by atoms with Gasteiger partial charge in [-0.25, -0.2) is 0 Å². The molecule has 0 bridgehead atoms. The number of halogens is 3. The van der Waals surface area contributed by atoms with Crippen molar-refractivity contribution in [2.75, 3.05) is 5.32 Å². The van der Waals surface area contributed by atoms with Crippen LogP contribution < -0.4 is 5.32 Å². The molecule has 25 heavy (non-hydrogen) atoms. The number of nitrogens with one attached hydrogen (secondary N) is 1. The minimum absolute atomic E-state index is 0.198. The number of anilines is 1. The molecule has 1 N–H and O–H groups in total. The second-order valence-electron chi connectivity index (χ2n) is 5.53. The smallest absolute Gasteiger partial charge is 0.256 e. The molecule has 0 unspecified atom stereocenters. The Morgan fingerprint density at radius 2 is 1.64 bits per heavy atom. The molecule has 124 valence electrons. The first kappa shape index (κ1) is 16.3. The minimum atomic E-state index is -0.198. The predicted molar refractivity (Wildman–Crippen MR) is 102 cm³/mol. The highest BCUT2D eigenvalue weighted by Crippen LogP contribution is 2.36. The number of amides is 1. The van der Waals surface area contributed by atoms with Gasteiger partial charge < -0.3 is 9.73 Å². The molecule has 4 rings (SSSR count). The van der Waals surface area contributed by atoms with Crippen molar-refractivity contribution in [3.05, 3.63) is 74.9 Å². The molecule has 0 atom stereocenters. The molecule has 2 heterocycles. The summed E-state index contributed by atoms with van der Waals surface area (Å²) in [5.41, 5.74) is 2.69. The summed E-state index contributed by atoms with van der Waals surface area (Å²) in [6.45, 7) is 0. The van der Waals surface area contributed by atoms with E-state index in [1.165, 1.54) is 0 Å². The van der Waals surface area contributed by atoms with Gasteiger partial charge in [0.15, 0.2) is 0 Å². The van der Waals surface area contributed by atoms with E-state index in [4.69, 9.17) is 39.2 Å². The Balaban J connectivity index is 1.73. The number of hydrogen-bond acceptors (Lipinski definition) is 2. The maximum Gasteiger partial charge on any atom is 0.256 e. The first-order valence-electron chi connectivity index (χ1n) is 7.39. The SMILES string of the molecule is O=C1Nc2cc(Cl)ccc2/C1=C\c1ccc(-c2cc(Cl)ccc2Cl)o1. The number of rotatable bonds is 2. The maximum absolute atomic E-state index is 12.2. The lowest BCUT2D eigenvalue weighted by molar-refractivity contribution is -0.110. The molecule has 0 radical (unpaired) electrons. The number of furan rings is 1. The summed E-state index contributed by atoms with van der Waals surface area (Å²) in [6.07, 6.45) is 1.69. The Morgan fingerprint density at radius 1 is 0.880 bits per heavy atom. The molecule has 1 aliphatic rings. The zero-order valence-electron chi connectivity index (χ0n) is 12.6. The van der Waals surface area contributed by atoms with Gasteiger partial charge in [-0.2, -0.15) is 0 Å². The summed E-state index contributed by atoms with van der Waals surface area (Å²) >= 11 is 18.2. The van der Waals surface area contributed by atoms with Gasteiger partial charge in [0, 0.05) is 21.2 Å². The third-order valence-corrected chi connectivity index (χ3v) is 4.67. The van der Waals surface area contributed by atoms with Gasteiger partial charge in [0.25, 0.3) is 5.91 Å². The number of carbonyl (C=O) groups excluding carboxylic acids is 1. The second-order valence-corrected chi connectivity index (χ2v) is 6.81. The Morgan fingerprint density at radius 3 is 2.48 bits per heavy atom. The largest absolute Gasteiger partial charge is 0.457 e. The molecule has 1 aromatic heterocycles. The third-order valence-electron chi connectivity index (χ3n) is 3.87. The number of carbonyl (C=O) groups is 1. The molecule has 0 spiro atoms. The fourth-order valence-corrected chi connectivity index (χ4v) is 3.27. The highest BCUT2D eigenvalue weighted by molar-refractivity contribution is 6.37. The molecule has 3 aromatic rings. The average molecular weight is 391 g/mol. The van der Waals surface area contributed by atoms with E-state index in [-0.39, 0.29) is 5.91 Å². The highest BCUT2D eigenvalue weighted by Gasteiger charge is 2.24. The average Bonchev–Trinajstić information content (AvgIpc) is 3.15. The van der Waals surface area contributed by atoms with Gasteiger partial charge in [-0.1, -0.05) is 40.9 Å². The first-order chi connectivity index (χ1) is 12.0. The van der Waals surface area contributed by atoms with Crippen molar-refractivity contribution < 1.29 is 9.21 Å². The zero-order valence-corrected chi connectivity index (χ0v) is 14.9. The molecule has 3 nitrogen and oxygen atoms in total. The second kappa shape index (κ2) is 6.26. The van der Waals surface area contributed by atoms with Gasteiger partial charge in [0.2, 0.25) is 0 Å². The molecular formula is C19H10Cl3NO2. The predicted octanol–water partition coefficient (Wildman–Crippen LogP) is 6.40. The Bertz CT molecular complexity index is 1040. The van der Waals surface area contributed by atoms with Crippen LogP contribution in [0.1, 0.15) is 11.3 Å². The van der Waals surface area contributed by atoms with Crippen molar-refractivity contribution in [1.29, 1.82) is 0 Å². The lowest BCUT2D eigenvalue weighted by atomic mass is 10.1. The minimum Gasteiger partial charge on any atom is -0.457 e. The van der Waals surface area contributed by atoms with Crippen LogP contribution in [-0.2, 0) is 4.79 Å². The van der Waals surface area contributed by atoms with E-state index < -0.39 is 0 Å². The van der Waals surface area contributed by atoms with Crippen LogP contribution in [0.25, 0.3) is 23.0 Å². The van der Waals surface area contributed by atoms with Crippen molar-refractivity contribution in [2.24, 2.45) is 0 Å². The lowest BCUT2D eigenvalue weighted by Crippen LogP contribution is -2.03. The fraction of sp³-hybridized carbons (Fsp3) is 0. The van der Waals surface area contributed by atoms with Crippen LogP contribution in [0, 0.1) is 0 Å². The van der Waals surface area contributed by atoms with Gasteiger partial charge in [0.05, 0.1) is 16.3 Å². The van der Waals surface area contributed by atoms with Crippen LogP contribution in [0.4, 0.5) is 5.69 Å². The number of hydrogen-bond donors (Lipinski definition) is 1. The van der Waals surface area contributed by atoms with E-state index in [0.29, 0.717) is 43.4 Å². The quantitative estimate of drug-likeness (QED) is 0.514. The Labute approximate surface area is 158 Å². The van der Waals surface area contributed by atoms with Gasteiger partial charge in [0.1, 0.15) is 11.5 Å². The topological polar surface area (TPSA) is 42.2 Å². The summed E-state index contributed by atoms with van der Waals surface area (Å²) < 4.78 is 5.83. The molecule has 1 amide bonds. The summed E-state index contributed by atoms with van der Waals surface area (Å²) in [5.74, 6) is 0.920. The first-order valence-corrected chi connectivity index (χ1v) is 8.53. The molecule has 0 aliphatic carbocycles. The maximum atomic E-state index is 12.2. The number of fused-ring (bicyclic) bond motifs is 1. The van der Waals surface area contributed by atoms with E-state index in [9.17, 15) is 4.79 Å². The standard InChI is InChI=1S/C19H10Cl3NO2/c20-10-2-5-16(22)15(7-10)18-6-3-12(25-18)9-14-13-4-1-11(21)8-17(13)23-19(14)24/h1-9H,(H,23,24)/b14-9+. The molecular weight excluding hydrogens is 381 g/mol.